The third-order valence-corrected chi connectivity index (χ3v) is 5.23. The summed E-state index contributed by atoms with van der Waals surface area (Å²) in [6, 6.07) is 9.51. The Morgan fingerprint density at radius 1 is 1.14 bits per heavy atom. The molecule has 22 heavy (non-hydrogen) atoms. The maximum atomic E-state index is 12.3. The van der Waals surface area contributed by atoms with Crippen LogP contribution in [0.4, 0.5) is 0 Å². The Labute approximate surface area is 134 Å². The van der Waals surface area contributed by atoms with Crippen LogP contribution in [0.1, 0.15) is 62.1 Å². The van der Waals surface area contributed by atoms with Crippen molar-refractivity contribution >= 4 is 5.91 Å². The van der Waals surface area contributed by atoms with Crippen LogP contribution in [-0.4, -0.2) is 30.4 Å². The molecular weight excluding hydrogens is 272 g/mol. The van der Waals surface area contributed by atoms with E-state index in [4.69, 9.17) is 0 Å². The first kappa shape index (κ1) is 15.5. The lowest BCUT2D eigenvalue weighted by atomic mass is 9.87. The lowest BCUT2D eigenvalue weighted by Crippen LogP contribution is -2.43. The molecule has 1 atom stereocenters. The highest BCUT2D eigenvalue weighted by molar-refractivity contribution is 5.78. The Balaban J connectivity index is 1.57. The number of likely N-dealkylation sites (N-methyl/N-ethyl adjacent to an activating group) is 1. The quantitative estimate of drug-likeness (QED) is 0.924. The molecule has 1 saturated carbocycles. The molecule has 0 aliphatic heterocycles. The highest BCUT2D eigenvalue weighted by Gasteiger charge is 2.25. The number of nitrogens with zero attached hydrogens (tertiary/aromatic N) is 1. The van der Waals surface area contributed by atoms with E-state index < -0.39 is 0 Å². The van der Waals surface area contributed by atoms with Crippen LogP contribution in [0.3, 0.4) is 0 Å². The predicted octanol–water partition coefficient (Wildman–Crippen LogP) is 3.44. The van der Waals surface area contributed by atoms with Crippen LogP contribution in [0.2, 0.25) is 0 Å². The maximum Gasteiger partial charge on any atom is 0.234 e. The number of amides is 1. The second-order valence-electron chi connectivity index (χ2n) is 6.92. The molecule has 1 aromatic rings. The number of hydrogen-bond acceptors (Lipinski definition) is 2. The zero-order valence-corrected chi connectivity index (χ0v) is 13.7. The van der Waals surface area contributed by atoms with Crippen LogP contribution in [0.15, 0.2) is 24.3 Å². The largest absolute Gasteiger partial charge is 0.352 e. The summed E-state index contributed by atoms with van der Waals surface area (Å²) in [6.07, 6.45) is 9.71. The number of aryl methyl sites for hydroxylation is 1. The number of fused-ring (bicyclic) bond motifs is 1. The highest BCUT2D eigenvalue weighted by Crippen LogP contribution is 2.33. The fourth-order valence-electron chi connectivity index (χ4n) is 4.04. The summed E-state index contributed by atoms with van der Waals surface area (Å²) in [4.78, 5) is 14.6. The zero-order valence-electron chi connectivity index (χ0n) is 13.7. The summed E-state index contributed by atoms with van der Waals surface area (Å²) in [7, 11) is 2.09. The predicted molar refractivity (Wildman–Crippen MR) is 89.8 cm³/mol. The van der Waals surface area contributed by atoms with Crippen molar-refractivity contribution < 1.29 is 4.79 Å². The van der Waals surface area contributed by atoms with Gasteiger partial charge in [0.25, 0.3) is 0 Å². The van der Waals surface area contributed by atoms with Crippen molar-refractivity contribution in [2.45, 2.75) is 63.5 Å². The van der Waals surface area contributed by atoms with E-state index in [1.165, 1.54) is 43.2 Å². The minimum atomic E-state index is 0.192. The average Bonchev–Trinajstić information content (AvgIpc) is 2.55. The SMILES string of the molecule is CN(CC(=O)NC1CCCCC1)[C@H]1CCCc2ccccc21. The van der Waals surface area contributed by atoms with E-state index in [0.717, 1.165) is 19.3 Å². The molecule has 0 aromatic heterocycles. The van der Waals surface area contributed by atoms with Gasteiger partial charge in [0.1, 0.15) is 0 Å². The molecule has 0 saturated heterocycles. The van der Waals surface area contributed by atoms with Gasteiger partial charge in [-0.15, -0.1) is 0 Å². The van der Waals surface area contributed by atoms with Crippen molar-refractivity contribution in [3.8, 4) is 0 Å². The Bertz CT molecular complexity index is 508. The van der Waals surface area contributed by atoms with Gasteiger partial charge < -0.3 is 5.32 Å². The molecular formula is C19H28N2O. The van der Waals surface area contributed by atoms with E-state index in [0.29, 0.717) is 18.6 Å². The zero-order chi connectivity index (χ0) is 15.4. The van der Waals surface area contributed by atoms with Crippen LogP contribution in [0.5, 0.6) is 0 Å². The first-order valence-electron chi connectivity index (χ1n) is 8.81. The molecule has 2 aliphatic rings. The van der Waals surface area contributed by atoms with E-state index in [-0.39, 0.29) is 5.91 Å². The van der Waals surface area contributed by atoms with Gasteiger partial charge in [0.05, 0.1) is 6.54 Å². The van der Waals surface area contributed by atoms with Gasteiger partial charge in [-0.2, -0.15) is 0 Å². The number of carbonyl (C=O) groups is 1. The summed E-state index contributed by atoms with van der Waals surface area (Å²) in [5.74, 6) is 0.192. The summed E-state index contributed by atoms with van der Waals surface area (Å²) < 4.78 is 0. The number of benzene rings is 1. The first-order valence-corrected chi connectivity index (χ1v) is 8.81. The number of hydrogen-bond donors (Lipinski definition) is 1. The fraction of sp³-hybridized carbons (Fsp3) is 0.632. The van der Waals surface area contributed by atoms with Gasteiger partial charge in [-0.3, -0.25) is 9.69 Å². The molecule has 120 valence electrons. The topological polar surface area (TPSA) is 32.3 Å². The molecule has 1 N–H and O–H groups in total. The summed E-state index contributed by atoms with van der Waals surface area (Å²) in [5, 5.41) is 3.23. The Morgan fingerprint density at radius 2 is 1.91 bits per heavy atom. The minimum Gasteiger partial charge on any atom is -0.352 e. The van der Waals surface area contributed by atoms with Crippen molar-refractivity contribution in [1.29, 1.82) is 0 Å². The molecule has 1 aromatic carbocycles. The fourth-order valence-corrected chi connectivity index (χ4v) is 4.04. The van der Waals surface area contributed by atoms with Crippen LogP contribution in [-0.2, 0) is 11.2 Å². The van der Waals surface area contributed by atoms with E-state index >= 15 is 0 Å². The molecule has 3 nitrogen and oxygen atoms in total. The molecule has 0 unspecified atom stereocenters. The summed E-state index contributed by atoms with van der Waals surface area (Å²) >= 11 is 0. The normalized spacial score (nSPS) is 22.4. The van der Waals surface area contributed by atoms with Gasteiger partial charge in [-0.05, 0) is 50.3 Å². The van der Waals surface area contributed by atoms with E-state index in [2.05, 4.69) is 41.5 Å². The maximum absolute atomic E-state index is 12.3. The number of carbonyl (C=O) groups excluding carboxylic acids is 1. The van der Waals surface area contributed by atoms with Gasteiger partial charge in [-0.1, -0.05) is 43.5 Å². The van der Waals surface area contributed by atoms with Gasteiger partial charge in [0.15, 0.2) is 0 Å². The average molecular weight is 300 g/mol. The van der Waals surface area contributed by atoms with E-state index in [9.17, 15) is 4.79 Å². The Kier molecular flexibility index (Phi) is 5.14. The molecule has 0 heterocycles. The Hall–Kier alpha value is -1.35. The first-order chi connectivity index (χ1) is 10.7. The molecule has 0 spiro atoms. The third kappa shape index (κ3) is 3.70. The molecule has 0 bridgehead atoms. The third-order valence-electron chi connectivity index (χ3n) is 5.23. The highest BCUT2D eigenvalue weighted by atomic mass is 16.2. The molecule has 1 fully saturated rings. The second kappa shape index (κ2) is 7.28. The van der Waals surface area contributed by atoms with Crippen molar-refractivity contribution in [3.05, 3.63) is 35.4 Å². The standard InChI is InChI=1S/C19H28N2O/c1-21(14-19(22)20-16-10-3-2-4-11-16)18-13-7-9-15-8-5-6-12-17(15)18/h5-6,8,12,16,18H,2-4,7,9-11,13-14H2,1H3,(H,20,22)/t18-/m0/s1. The van der Waals surface area contributed by atoms with Crippen molar-refractivity contribution in [2.24, 2.45) is 0 Å². The van der Waals surface area contributed by atoms with Crippen molar-refractivity contribution in [3.63, 3.8) is 0 Å². The summed E-state index contributed by atoms with van der Waals surface area (Å²) in [6.45, 7) is 0.509. The minimum absolute atomic E-state index is 0.192. The van der Waals surface area contributed by atoms with E-state index in [1.54, 1.807) is 0 Å². The van der Waals surface area contributed by atoms with Crippen LogP contribution in [0.25, 0.3) is 0 Å². The van der Waals surface area contributed by atoms with Gasteiger partial charge in [-0.25, -0.2) is 0 Å². The molecule has 1 amide bonds. The van der Waals surface area contributed by atoms with Crippen molar-refractivity contribution in [1.82, 2.24) is 10.2 Å². The molecule has 3 heteroatoms. The van der Waals surface area contributed by atoms with Gasteiger partial charge in [0.2, 0.25) is 5.91 Å². The van der Waals surface area contributed by atoms with Gasteiger partial charge in [0, 0.05) is 12.1 Å². The van der Waals surface area contributed by atoms with Crippen LogP contribution < -0.4 is 5.32 Å². The monoisotopic (exact) mass is 300 g/mol. The van der Waals surface area contributed by atoms with Crippen molar-refractivity contribution in [2.75, 3.05) is 13.6 Å². The van der Waals surface area contributed by atoms with Gasteiger partial charge >= 0.3 is 0 Å². The van der Waals surface area contributed by atoms with Crippen LogP contribution >= 0.6 is 0 Å². The molecule has 0 radical (unpaired) electrons. The summed E-state index contributed by atoms with van der Waals surface area (Å²) in [5.41, 5.74) is 2.88. The number of nitrogens with one attached hydrogen (secondary N) is 1. The molecule has 2 aliphatic carbocycles. The van der Waals surface area contributed by atoms with Crippen LogP contribution in [0, 0.1) is 0 Å². The second-order valence-corrected chi connectivity index (χ2v) is 6.92. The van der Waals surface area contributed by atoms with E-state index in [1.807, 2.05) is 0 Å². The lowest BCUT2D eigenvalue weighted by molar-refractivity contribution is -0.123. The lowest BCUT2D eigenvalue weighted by Gasteiger charge is -2.33. The Morgan fingerprint density at radius 3 is 2.73 bits per heavy atom. The number of rotatable bonds is 4. The smallest absolute Gasteiger partial charge is 0.234 e. The molecule has 3 rings (SSSR count).